The second-order valence-electron chi connectivity index (χ2n) is 5.77. The summed E-state index contributed by atoms with van der Waals surface area (Å²) in [6.07, 6.45) is 0. The van der Waals surface area contributed by atoms with Crippen LogP contribution in [0.15, 0.2) is 30.3 Å². The molecule has 0 amide bonds. The number of rotatable bonds is 5. The van der Waals surface area contributed by atoms with Gasteiger partial charge >= 0.3 is 0 Å². The van der Waals surface area contributed by atoms with Crippen molar-refractivity contribution in [2.45, 2.75) is 39.8 Å². The summed E-state index contributed by atoms with van der Waals surface area (Å²) in [5, 5.41) is 0. The van der Waals surface area contributed by atoms with Gasteiger partial charge in [0.05, 0.1) is 0 Å². The van der Waals surface area contributed by atoms with E-state index in [1.54, 1.807) is 0 Å². The molecule has 21 heavy (non-hydrogen) atoms. The smallest absolute Gasteiger partial charge is 0.225 e. The second-order valence-corrected chi connectivity index (χ2v) is 5.77. The van der Waals surface area contributed by atoms with Crippen molar-refractivity contribution < 1.29 is 0 Å². The van der Waals surface area contributed by atoms with E-state index in [0.717, 1.165) is 29.4 Å². The van der Waals surface area contributed by atoms with Crippen molar-refractivity contribution in [2.75, 3.05) is 11.9 Å². The summed E-state index contributed by atoms with van der Waals surface area (Å²) in [6, 6.07) is 10.4. The summed E-state index contributed by atoms with van der Waals surface area (Å²) in [6.45, 7) is 7.65. The number of hydrogen-bond donors (Lipinski definition) is 1. The molecule has 112 valence electrons. The van der Waals surface area contributed by atoms with Gasteiger partial charge < -0.3 is 10.6 Å². The van der Waals surface area contributed by atoms with Crippen molar-refractivity contribution >= 4 is 5.95 Å². The Morgan fingerprint density at radius 2 is 1.86 bits per heavy atom. The number of aryl methyl sites for hydroxylation is 1. The summed E-state index contributed by atoms with van der Waals surface area (Å²) in [5.41, 5.74) is 10.2. The molecule has 0 radical (unpaired) electrons. The van der Waals surface area contributed by atoms with Crippen LogP contribution >= 0.6 is 0 Å². The number of anilines is 1. The molecule has 2 N–H and O–H groups in total. The van der Waals surface area contributed by atoms with Crippen molar-refractivity contribution in [2.24, 2.45) is 5.73 Å². The van der Waals surface area contributed by atoms with E-state index in [1.807, 2.05) is 26.1 Å². The highest BCUT2D eigenvalue weighted by Crippen LogP contribution is 2.18. The van der Waals surface area contributed by atoms with Crippen LogP contribution in [0.5, 0.6) is 0 Å². The molecule has 0 aliphatic heterocycles. The third kappa shape index (κ3) is 4.02. The third-order valence-electron chi connectivity index (χ3n) is 3.44. The van der Waals surface area contributed by atoms with E-state index in [0.29, 0.717) is 12.5 Å². The lowest BCUT2D eigenvalue weighted by atomic mass is 10.1. The highest BCUT2D eigenvalue weighted by Gasteiger charge is 2.10. The maximum atomic E-state index is 5.70. The molecular formula is C17H24N4. The van der Waals surface area contributed by atoms with Crippen LogP contribution in [0.1, 0.15) is 42.3 Å². The van der Waals surface area contributed by atoms with Gasteiger partial charge in [-0.2, -0.15) is 0 Å². The van der Waals surface area contributed by atoms with Crippen LogP contribution < -0.4 is 10.6 Å². The quantitative estimate of drug-likeness (QED) is 0.917. The average molecular weight is 284 g/mol. The Balaban J connectivity index is 2.21. The Kier molecular flexibility index (Phi) is 4.91. The van der Waals surface area contributed by atoms with E-state index in [2.05, 4.69) is 46.9 Å². The molecule has 2 aromatic rings. The van der Waals surface area contributed by atoms with Crippen LogP contribution in [0.25, 0.3) is 0 Å². The fourth-order valence-electron chi connectivity index (χ4n) is 2.24. The van der Waals surface area contributed by atoms with Gasteiger partial charge in [-0.3, -0.25) is 0 Å². The topological polar surface area (TPSA) is 55.0 Å². The van der Waals surface area contributed by atoms with E-state index in [1.165, 1.54) is 5.56 Å². The molecule has 4 nitrogen and oxygen atoms in total. The first-order valence-corrected chi connectivity index (χ1v) is 7.34. The summed E-state index contributed by atoms with van der Waals surface area (Å²) in [4.78, 5) is 11.3. The maximum absolute atomic E-state index is 5.70. The zero-order valence-electron chi connectivity index (χ0n) is 13.3. The van der Waals surface area contributed by atoms with Crippen LogP contribution in [0.4, 0.5) is 5.95 Å². The van der Waals surface area contributed by atoms with Gasteiger partial charge in [0.1, 0.15) is 0 Å². The van der Waals surface area contributed by atoms with Gasteiger partial charge in [0.25, 0.3) is 0 Å². The van der Waals surface area contributed by atoms with Crippen LogP contribution in [0.2, 0.25) is 0 Å². The number of benzene rings is 1. The minimum atomic E-state index is 0.402. The normalized spacial score (nSPS) is 11.0. The van der Waals surface area contributed by atoms with Crippen LogP contribution in [-0.4, -0.2) is 17.0 Å². The van der Waals surface area contributed by atoms with E-state index in [4.69, 9.17) is 5.73 Å². The fourth-order valence-corrected chi connectivity index (χ4v) is 2.24. The molecule has 1 aromatic carbocycles. The van der Waals surface area contributed by atoms with Gasteiger partial charge in [-0.15, -0.1) is 0 Å². The molecule has 0 unspecified atom stereocenters. The van der Waals surface area contributed by atoms with E-state index in [-0.39, 0.29) is 0 Å². The Morgan fingerprint density at radius 1 is 1.14 bits per heavy atom. The van der Waals surface area contributed by atoms with Crippen molar-refractivity contribution in [1.82, 2.24) is 9.97 Å². The first kappa shape index (κ1) is 15.4. The number of aromatic nitrogens is 2. The fraction of sp³-hybridized carbons (Fsp3) is 0.412. The molecule has 0 aliphatic rings. The summed E-state index contributed by atoms with van der Waals surface area (Å²) < 4.78 is 0. The SMILES string of the molecule is Cc1cc(C(C)C)nc(N(C)Cc2cccc(CN)c2)n1. The van der Waals surface area contributed by atoms with E-state index < -0.39 is 0 Å². The molecule has 1 aromatic heterocycles. The lowest BCUT2D eigenvalue weighted by molar-refractivity contribution is 0.782. The molecule has 1 heterocycles. The number of nitrogens with zero attached hydrogens (tertiary/aromatic N) is 3. The predicted molar refractivity (Wildman–Crippen MR) is 87.3 cm³/mol. The Bertz CT molecular complexity index is 607. The van der Waals surface area contributed by atoms with Gasteiger partial charge in [0, 0.05) is 31.5 Å². The molecule has 0 aliphatic carbocycles. The summed E-state index contributed by atoms with van der Waals surface area (Å²) in [5.74, 6) is 1.18. The van der Waals surface area contributed by atoms with Crippen molar-refractivity contribution in [1.29, 1.82) is 0 Å². The molecule has 0 atom stereocenters. The first-order chi connectivity index (χ1) is 9.99. The highest BCUT2D eigenvalue weighted by molar-refractivity contribution is 5.35. The molecule has 0 saturated heterocycles. The highest BCUT2D eigenvalue weighted by atomic mass is 15.2. The zero-order valence-corrected chi connectivity index (χ0v) is 13.3. The molecular weight excluding hydrogens is 260 g/mol. The first-order valence-electron chi connectivity index (χ1n) is 7.34. The van der Waals surface area contributed by atoms with E-state index >= 15 is 0 Å². The zero-order chi connectivity index (χ0) is 15.4. The van der Waals surface area contributed by atoms with Crippen LogP contribution in [0, 0.1) is 6.92 Å². The average Bonchev–Trinajstić information content (AvgIpc) is 2.46. The summed E-state index contributed by atoms with van der Waals surface area (Å²) >= 11 is 0. The largest absolute Gasteiger partial charge is 0.340 e. The Hall–Kier alpha value is -1.94. The molecule has 0 spiro atoms. The van der Waals surface area contributed by atoms with Gasteiger partial charge in [-0.1, -0.05) is 38.1 Å². The van der Waals surface area contributed by atoms with Gasteiger partial charge in [0.2, 0.25) is 5.95 Å². The van der Waals surface area contributed by atoms with Crippen LogP contribution in [0.3, 0.4) is 0 Å². The monoisotopic (exact) mass is 284 g/mol. The summed E-state index contributed by atoms with van der Waals surface area (Å²) in [7, 11) is 2.02. The Labute approximate surface area is 127 Å². The lowest BCUT2D eigenvalue weighted by Gasteiger charge is -2.19. The van der Waals surface area contributed by atoms with Crippen LogP contribution in [-0.2, 0) is 13.1 Å². The maximum Gasteiger partial charge on any atom is 0.225 e. The standard InChI is InChI=1S/C17H24N4/c1-12(2)16-8-13(3)19-17(20-16)21(4)11-15-7-5-6-14(9-15)10-18/h5-9,12H,10-11,18H2,1-4H3. The van der Waals surface area contributed by atoms with Gasteiger partial charge in [-0.25, -0.2) is 9.97 Å². The molecule has 0 saturated carbocycles. The molecule has 4 heteroatoms. The lowest BCUT2D eigenvalue weighted by Crippen LogP contribution is -2.20. The minimum absolute atomic E-state index is 0.402. The third-order valence-corrected chi connectivity index (χ3v) is 3.44. The van der Waals surface area contributed by atoms with E-state index in [9.17, 15) is 0 Å². The molecule has 2 rings (SSSR count). The van der Waals surface area contributed by atoms with Crippen molar-refractivity contribution in [3.8, 4) is 0 Å². The van der Waals surface area contributed by atoms with Gasteiger partial charge in [-0.05, 0) is 30.0 Å². The minimum Gasteiger partial charge on any atom is -0.340 e. The molecule has 0 bridgehead atoms. The van der Waals surface area contributed by atoms with Crippen molar-refractivity contribution in [3.05, 3.63) is 52.8 Å². The number of nitrogens with two attached hydrogens (primary N) is 1. The predicted octanol–water partition coefficient (Wildman–Crippen LogP) is 3.00. The van der Waals surface area contributed by atoms with Gasteiger partial charge in [0.15, 0.2) is 0 Å². The molecule has 0 fully saturated rings. The van der Waals surface area contributed by atoms with Crippen molar-refractivity contribution in [3.63, 3.8) is 0 Å². The second kappa shape index (κ2) is 6.68. The Morgan fingerprint density at radius 3 is 2.52 bits per heavy atom. The number of hydrogen-bond acceptors (Lipinski definition) is 4.